The summed E-state index contributed by atoms with van der Waals surface area (Å²) in [6.45, 7) is 4.07. The van der Waals surface area contributed by atoms with E-state index in [9.17, 15) is 4.79 Å². The zero-order valence-corrected chi connectivity index (χ0v) is 10.4. The summed E-state index contributed by atoms with van der Waals surface area (Å²) in [4.78, 5) is 11.6. The Labute approximate surface area is 102 Å². The van der Waals surface area contributed by atoms with Gasteiger partial charge in [-0.05, 0) is 31.7 Å². The van der Waals surface area contributed by atoms with Crippen LogP contribution in [0.4, 0.5) is 0 Å². The standard InChI is InChI=1S/C13H19NO3/c1-3-16-8-9-17-13(15)12-6-4-11(5-7-12)10-14-2/h4-7,14H,3,8-10H2,1-2H3. The Kier molecular flexibility index (Phi) is 6.29. The summed E-state index contributed by atoms with van der Waals surface area (Å²) in [5.74, 6) is -0.305. The molecule has 0 fully saturated rings. The SMILES string of the molecule is CCOCCOC(=O)c1ccc(CNC)cc1. The molecule has 4 nitrogen and oxygen atoms in total. The summed E-state index contributed by atoms with van der Waals surface area (Å²) >= 11 is 0. The molecule has 0 aliphatic heterocycles. The van der Waals surface area contributed by atoms with E-state index in [1.807, 2.05) is 26.1 Å². The molecule has 4 heteroatoms. The summed E-state index contributed by atoms with van der Waals surface area (Å²) in [6, 6.07) is 7.37. The van der Waals surface area contributed by atoms with Crippen LogP contribution in [0.3, 0.4) is 0 Å². The second kappa shape index (κ2) is 7.81. The van der Waals surface area contributed by atoms with Gasteiger partial charge >= 0.3 is 5.97 Å². The normalized spacial score (nSPS) is 10.2. The number of nitrogens with one attached hydrogen (secondary N) is 1. The zero-order chi connectivity index (χ0) is 12.5. The average molecular weight is 237 g/mol. The number of benzene rings is 1. The number of esters is 1. The maximum absolute atomic E-state index is 11.6. The van der Waals surface area contributed by atoms with Crippen LogP contribution in [0.2, 0.25) is 0 Å². The molecule has 0 unspecified atom stereocenters. The second-order valence-corrected chi connectivity index (χ2v) is 3.56. The molecule has 0 aliphatic rings. The number of hydrogen-bond donors (Lipinski definition) is 1. The van der Waals surface area contributed by atoms with Crippen molar-refractivity contribution >= 4 is 5.97 Å². The summed E-state index contributed by atoms with van der Waals surface area (Å²) in [6.07, 6.45) is 0. The van der Waals surface area contributed by atoms with E-state index in [1.54, 1.807) is 12.1 Å². The third-order valence-corrected chi connectivity index (χ3v) is 2.24. The first-order chi connectivity index (χ1) is 8.27. The van der Waals surface area contributed by atoms with Crippen LogP contribution in [0.15, 0.2) is 24.3 Å². The molecule has 17 heavy (non-hydrogen) atoms. The summed E-state index contributed by atoms with van der Waals surface area (Å²) < 4.78 is 10.1. The van der Waals surface area contributed by atoms with Crippen molar-refractivity contribution in [3.8, 4) is 0 Å². The van der Waals surface area contributed by atoms with Gasteiger partial charge in [-0.15, -0.1) is 0 Å². The lowest BCUT2D eigenvalue weighted by atomic mass is 10.1. The van der Waals surface area contributed by atoms with E-state index in [0.717, 1.165) is 12.1 Å². The topological polar surface area (TPSA) is 47.6 Å². The number of rotatable bonds is 7. The molecule has 0 atom stereocenters. The van der Waals surface area contributed by atoms with Gasteiger partial charge in [-0.1, -0.05) is 12.1 Å². The summed E-state index contributed by atoms with van der Waals surface area (Å²) in [5, 5.41) is 3.05. The van der Waals surface area contributed by atoms with Crippen LogP contribution in [0.1, 0.15) is 22.8 Å². The smallest absolute Gasteiger partial charge is 0.338 e. The first-order valence-corrected chi connectivity index (χ1v) is 5.76. The number of carbonyl (C=O) groups excluding carboxylic acids is 1. The quantitative estimate of drug-likeness (QED) is 0.578. The fourth-order valence-corrected chi connectivity index (χ4v) is 1.38. The van der Waals surface area contributed by atoms with Crippen molar-refractivity contribution in [3.05, 3.63) is 35.4 Å². The van der Waals surface area contributed by atoms with Crippen LogP contribution < -0.4 is 5.32 Å². The largest absolute Gasteiger partial charge is 0.460 e. The van der Waals surface area contributed by atoms with Gasteiger partial charge in [-0.2, -0.15) is 0 Å². The van der Waals surface area contributed by atoms with Gasteiger partial charge in [0.1, 0.15) is 6.61 Å². The second-order valence-electron chi connectivity index (χ2n) is 3.56. The Balaban J connectivity index is 2.40. The van der Waals surface area contributed by atoms with Crippen LogP contribution in [-0.4, -0.2) is 32.8 Å². The van der Waals surface area contributed by atoms with E-state index in [2.05, 4.69) is 5.32 Å². The van der Waals surface area contributed by atoms with Gasteiger partial charge in [-0.25, -0.2) is 4.79 Å². The number of carbonyl (C=O) groups is 1. The molecule has 0 heterocycles. The lowest BCUT2D eigenvalue weighted by Crippen LogP contribution is -2.11. The van der Waals surface area contributed by atoms with Crippen molar-refractivity contribution in [1.82, 2.24) is 5.32 Å². The molecule has 0 spiro atoms. The summed E-state index contributed by atoms with van der Waals surface area (Å²) in [5.41, 5.74) is 1.71. The minimum absolute atomic E-state index is 0.297. The molecule has 94 valence electrons. The first kappa shape index (κ1) is 13.7. The van der Waals surface area contributed by atoms with Gasteiger partial charge in [0.15, 0.2) is 0 Å². The van der Waals surface area contributed by atoms with Crippen LogP contribution in [0, 0.1) is 0 Å². The van der Waals surface area contributed by atoms with Gasteiger partial charge in [0, 0.05) is 13.2 Å². The Morgan fingerprint density at radius 3 is 2.53 bits per heavy atom. The minimum Gasteiger partial charge on any atom is -0.460 e. The van der Waals surface area contributed by atoms with E-state index in [0.29, 0.717) is 25.4 Å². The van der Waals surface area contributed by atoms with Gasteiger partial charge in [-0.3, -0.25) is 0 Å². The maximum atomic E-state index is 11.6. The van der Waals surface area contributed by atoms with Crippen molar-refractivity contribution < 1.29 is 14.3 Å². The van der Waals surface area contributed by atoms with Gasteiger partial charge in [0.05, 0.1) is 12.2 Å². The third kappa shape index (κ3) is 4.97. The monoisotopic (exact) mass is 237 g/mol. The van der Waals surface area contributed by atoms with Gasteiger partial charge in [0.25, 0.3) is 0 Å². The zero-order valence-electron chi connectivity index (χ0n) is 10.4. The molecule has 0 radical (unpaired) electrons. The van der Waals surface area contributed by atoms with Crippen molar-refractivity contribution in [1.29, 1.82) is 0 Å². The lowest BCUT2D eigenvalue weighted by molar-refractivity contribution is 0.0335. The van der Waals surface area contributed by atoms with Gasteiger partial charge in [0.2, 0.25) is 0 Å². The molecule has 0 aromatic heterocycles. The summed E-state index contributed by atoms with van der Waals surface area (Å²) in [7, 11) is 1.88. The highest BCUT2D eigenvalue weighted by atomic mass is 16.6. The molecule has 1 N–H and O–H groups in total. The molecule has 0 bridgehead atoms. The van der Waals surface area contributed by atoms with E-state index >= 15 is 0 Å². The highest BCUT2D eigenvalue weighted by molar-refractivity contribution is 5.89. The van der Waals surface area contributed by atoms with Crippen LogP contribution in [0.25, 0.3) is 0 Å². The van der Waals surface area contributed by atoms with E-state index in [-0.39, 0.29) is 5.97 Å². The Morgan fingerprint density at radius 1 is 1.24 bits per heavy atom. The predicted octanol–water partition coefficient (Wildman–Crippen LogP) is 1.60. The Hall–Kier alpha value is -1.39. The van der Waals surface area contributed by atoms with Crippen LogP contribution in [-0.2, 0) is 16.0 Å². The van der Waals surface area contributed by atoms with Crippen molar-refractivity contribution in [2.75, 3.05) is 26.9 Å². The van der Waals surface area contributed by atoms with Crippen LogP contribution >= 0.6 is 0 Å². The van der Waals surface area contributed by atoms with Crippen molar-refractivity contribution in [3.63, 3.8) is 0 Å². The fourth-order valence-electron chi connectivity index (χ4n) is 1.38. The van der Waals surface area contributed by atoms with E-state index < -0.39 is 0 Å². The van der Waals surface area contributed by atoms with Gasteiger partial charge < -0.3 is 14.8 Å². The van der Waals surface area contributed by atoms with E-state index in [1.165, 1.54) is 0 Å². The molecular weight excluding hydrogens is 218 g/mol. The fraction of sp³-hybridized carbons (Fsp3) is 0.462. The van der Waals surface area contributed by atoms with Crippen molar-refractivity contribution in [2.24, 2.45) is 0 Å². The molecule has 1 rings (SSSR count). The molecule has 0 saturated heterocycles. The molecular formula is C13H19NO3. The Bertz CT molecular complexity index is 335. The highest BCUT2D eigenvalue weighted by Gasteiger charge is 2.06. The molecule has 0 amide bonds. The lowest BCUT2D eigenvalue weighted by Gasteiger charge is -2.05. The molecule has 1 aromatic rings. The van der Waals surface area contributed by atoms with Crippen LogP contribution in [0.5, 0.6) is 0 Å². The highest BCUT2D eigenvalue weighted by Crippen LogP contribution is 2.05. The minimum atomic E-state index is -0.305. The first-order valence-electron chi connectivity index (χ1n) is 5.76. The third-order valence-electron chi connectivity index (χ3n) is 2.24. The van der Waals surface area contributed by atoms with Crippen molar-refractivity contribution in [2.45, 2.75) is 13.5 Å². The van der Waals surface area contributed by atoms with E-state index in [4.69, 9.17) is 9.47 Å². The number of ether oxygens (including phenoxy) is 2. The Morgan fingerprint density at radius 2 is 1.94 bits per heavy atom. The maximum Gasteiger partial charge on any atom is 0.338 e. The molecule has 0 aliphatic carbocycles. The molecule has 0 saturated carbocycles. The average Bonchev–Trinajstić information content (AvgIpc) is 2.36. The molecule has 1 aromatic carbocycles. The number of hydrogen-bond acceptors (Lipinski definition) is 4. The predicted molar refractivity (Wildman–Crippen MR) is 66.0 cm³/mol.